The first kappa shape index (κ1) is 44.6. The molecule has 0 amide bonds. The number of unbranched alkanes of at least 4 members (excludes halogenated alkanes) is 12. The van der Waals surface area contributed by atoms with Crippen molar-refractivity contribution < 1.29 is 42.9 Å². The third-order valence-corrected chi connectivity index (χ3v) is 10.8. The fourth-order valence-corrected chi connectivity index (χ4v) is 7.38. The summed E-state index contributed by atoms with van der Waals surface area (Å²) in [5.41, 5.74) is 5.87. The Morgan fingerprint density at radius 3 is 2.31 bits per heavy atom. The highest BCUT2D eigenvalue weighted by Crippen LogP contribution is 2.46. The third kappa shape index (κ3) is 14.1. The number of aromatic nitrogens is 2. The van der Waals surface area contributed by atoms with Crippen molar-refractivity contribution in [2.24, 2.45) is 0 Å². The number of ether oxygens (including phenoxy) is 3. The predicted octanol–water partition coefficient (Wildman–Crippen LogP) is 7.53. The number of nitriles is 1. The minimum absolute atomic E-state index is 0.130. The molecule has 14 heteroatoms. The Balaban J connectivity index is 1.16. The first-order valence-electron chi connectivity index (χ1n) is 19.9. The number of nitrogen functional groups attached to an aromatic ring is 1. The molecule has 13 nitrogen and oxygen atoms in total. The van der Waals surface area contributed by atoms with Crippen molar-refractivity contribution in [3.05, 3.63) is 78.1 Å². The Hall–Kier alpha value is -3.15. The molecule has 1 saturated heterocycles. The number of benzene rings is 1. The summed E-state index contributed by atoms with van der Waals surface area (Å²) in [5.74, 6) is 0. The standard InChI is InChI=1S/C41H61N4O9P/c1-2-3-4-5-6-7-8-9-10-11-12-13-14-15-16-20-27-50-29-34(51-28-33-21-18-17-19-22-33)30-52-55(48,49)53-31-37-39(46)40(47)41(32-42,54-37)38-24-23-36-35(43)25-26-44-45(36)38/h9-10,17-19,21-26,34,37,39-40,46-47H,2-8,11-16,20,27-31,43H2,1H3,(H,48,49)/b10-9+/t34-,37-,39-,40-,41+/m1/s1. The van der Waals surface area contributed by atoms with E-state index in [0.717, 1.165) is 31.2 Å². The molecule has 6 atom stereocenters. The number of hydrogen-bond acceptors (Lipinski definition) is 11. The van der Waals surface area contributed by atoms with Gasteiger partial charge < -0.3 is 35.1 Å². The number of phosphoric ester groups is 1. The van der Waals surface area contributed by atoms with Gasteiger partial charge in [-0.1, -0.05) is 107 Å². The van der Waals surface area contributed by atoms with E-state index in [0.29, 0.717) is 17.8 Å². The van der Waals surface area contributed by atoms with Gasteiger partial charge in [-0.15, -0.1) is 0 Å². The summed E-state index contributed by atoms with van der Waals surface area (Å²) in [6.45, 7) is 2.20. The monoisotopic (exact) mass is 784 g/mol. The highest BCUT2D eigenvalue weighted by Gasteiger charge is 2.58. The van der Waals surface area contributed by atoms with Gasteiger partial charge in [0.15, 0.2) is 0 Å². The highest BCUT2D eigenvalue weighted by molar-refractivity contribution is 7.47. The Morgan fingerprint density at radius 1 is 0.945 bits per heavy atom. The van der Waals surface area contributed by atoms with E-state index in [-0.39, 0.29) is 25.5 Å². The molecule has 2 aromatic heterocycles. The van der Waals surface area contributed by atoms with Crippen LogP contribution in [0.15, 0.2) is 66.9 Å². The summed E-state index contributed by atoms with van der Waals surface area (Å²) >= 11 is 0. The van der Waals surface area contributed by atoms with E-state index in [1.165, 1.54) is 81.0 Å². The molecule has 0 saturated carbocycles. The van der Waals surface area contributed by atoms with Gasteiger partial charge in [0.2, 0.25) is 5.60 Å². The Kier molecular flexibility index (Phi) is 19.3. The van der Waals surface area contributed by atoms with Gasteiger partial charge in [0.25, 0.3) is 0 Å². The van der Waals surface area contributed by atoms with Crippen LogP contribution in [0.4, 0.5) is 5.69 Å². The molecule has 1 aliphatic rings. The second-order valence-electron chi connectivity index (χ2n) is 14.2. The third-order valence-electron chi connectivity index (χ3n) is 9.85. The number of anilines is 1. The van der Waals surface area contributed by atoms with Crippen LogP contribution in [0.5, 0.6) is 0 Å². The van der Waals surface area contributed by atoms with Gasteiger partial charge in [-0.2, -0.15) is 10.4 Å². The van der Waals surface area contributed by atoms with E-state index in [1.807, 2.05) is 36.4 Å². The van der Waals surface area contributed by atoms with Crippen molar-refractivity contribution in [2.45, 2.75) is 133 Å². The SMILES string of the molecule is CCCCCCCC/C=C/CCCCCCCCOC[C@H](COP(=O)(O)OC[C@H]1O[C@@](C#N)(c2ccc3c(N)ccnn23)[C@H](O)[C@@H]1O)OCc1ccccc1. The van der Waals surface area contributed by atoms with Gasteiger partial charge in [-0.3, -0.25) is 9.05 Å². The molecule has 55 heavy (non-hydrogen) atoms. The molecule has 1 aromatic carbocycles. The lowest BCUT2D eigenvalue weighted by molar-refractivity contribution is -0.0690. The zero-order valence-corrected chi connectivity index (χ0v) is 33.1. The first-order chi connectivity index (χ1) is 26.7. The van der Waals surface area contributed by atoms with Crippen molar-refractivity contribution in [3.63, 3.8) is 0 Å². The molecule has 1 aliphatic heterocycles. The lowest BCUT2D eigenvalue weighted by Gasteiger charge is -2.24. The van der Waals surface area contributed by atoms with Gasteiger partial charge in [0.05, 0.1) is 43.3 Å². The molecule has 304 valence electrons. The summed E-state index contributed by atoms with van der Waals surface area (Å²) < 4.78 is 42.5. The highest BCUT2D eigenvalue weighted by atomic mass is 31.2. The van der Waals surface area contributed by atoms with Gasteiger partial charge >= 0.3 is 7.82 Å². The van der Waals surface area contributed by atoms with Crippen molar-refractivity contribution in [1.82, 2.24) is 9.61 Å². The van der Waals surface area contributed by atoms with Crippen molar-refractivity contribution in [1.29, 1.82) is 5.26 Å². The minimum atomic E-state index is -4.70. The number of phosphoric acid groups is 1. The van der Waals surface area contributed by atoms with Gasteiger partial charge in [0, 0.05) is 12.8 Å². The number of rotatable bonds is 28. The molecule has 0 aliphatic carbocycles. The number of aliphatic hydroxyl groups excluding tert-OH is 2. The largest absolute Gasteiger partial charge is 0.472 e. The van der Waals surface area contributed by atoms with Crippen LogP contribution in [0.3, 0.4) is 0 Å². The Labute approximate surface area is 326 Å². The molecule has 3 heterocycles. The molecular weight excluding hydrogens is 723 g/mol. The maximum atomic E-state index is 13.0. The zero-order valence-electron chi connectivity index (χ0n) is 32.3. The van der Waals surface area contributed by atoms with Crippen molar-refractivity contribution in [3.8, 4) is 6.07 Å². The molecule has 5 N–H and O–H groups in total. The number of hydrogen-bond donors (Lipinski definition) is 4. The number of fused-ring (bicyclic) bond motifs is 1. The number of nitrogens with two attached hydrogens (primary N) is 1. The minimum Gasteiger partial charge on any atom is -0.397 e. The second-order valence-corrected chi connectivity index (χ2v) is 15.7. The average Bonchev–Trinajstić information content (AvgIpc) is 3.74. The normalized spacial score (nSPS) is 21.6. The van der Waals surface area contributed by atoms with Crippen LogP contribution in [0.25, 0.3) is 5.52 Å². The van der Waals surface area contributed by atoms with Crippen molar-refractivity contribution in [2.75, 3.05) is 32.2 Å². The van der Waals surface area contributed by atoms with E-state index in [2.05, 4.69) is 24.2 Å². The van der Waals surface area contributed by atoms with E-state index in [9.17, 15) is 24.9 Å². The van der Waals surface area contributed by atoms with Gasteiger partial charge in [-0.05, 0) is 55.9 Å². The van der Waals surface area contributed by atoms with E-state index in [1.54, 1.807) is 12.1 Å². The van der Waals surface area contributed by atoms with Crippen LogP contribution < -0.4 is 5.73 Å². The molecule has 0 radical (unpaired) electrons. The lowest BCUT2D eigenvalue weighted by atomic mass is 9.92. The smallest absolute Gasteiger partial charge is 0.397 e. The van der Waals surface area contributed by atoms with Crippen LogP contribution >= 0.6 is 7.82 Å². The maximum absolute atomic E-state index is 13.0. The predicted molar refractivity (Wildman–Crippen MR) is 211 cm³/mol. The molecule has 1 unspecified atom stereocenters. The molecule has 0 bridgehead atoms. The molecule has 0 spiro atoms. The second kappa shape index (κ2) is 23.8. The summed E-state index contributed by atoms with van der Waals surface area (Å²) in [6, 6.07) is 16.2. The van der Waals surface area contributed by atoms with Gasteiger partial charge in [-0.25, -0.2) is 9.08 Å². The molecule has 1 fully saturated rings. The topological polar surface area (TPSA) is 191 Å². The van der Waals surface area contributed by atoms with Crippen LogP contribution in [0, 0.1) is 11.3 Å². The van der Waals surface area contributed by atoms with E-state index < -0.39 is 44.4 Å². The van der Waals surface area contributed by atoms with Crippen LogP contribution in [0.2, 0.25) is 0 Å². The summed E-state index contributed by atoms with van der Waals surface area (Å²) in [4.78, 5) is 10.6. The molecule has 3 aromatic rings. The Bertz CT molecular complexity index is 1650. The maximum Gasteiger partial charge on any atom is 0.472 e. The quantitative estimate of drug-likeness (QED) is 0.0322. The van der Waals surface area contributed by atoms with Crippen LogP contribution in [-0.2, 0) is 40.0 Å². The van der Waals surface area contributed by atoms with E-state index in [4.69, 9.17) is 29.0 Å². The Morgan fingerprint density at radius 2 is 1.62 bits per heavy atom. The number of aliphatic hydroxyl groups is 2. The number of nitrogens with zero attached hydrogens (tertiary/aromatic N) is 3. The average molecular weight is 785 g/mol. The lowest BCUT2D eigenvalue weighted by Crippen LogP contribution is -2.41. The van der Waals surface area contributed by atoms with Crippen LogP contribution in [0.1, 0.15) is 108 Å². The fourth-order valence-electron chi connectivity index (χ4n) is 6.62. The molecular formula is C41H61N4O9P. The summed E-state index contributed by atoms with van der Waals surface area (Å²) in [5, 5.41) is 36.1. The first-order valence-corrected chi connectivity index (χ1v) is 21.4. The molecule has 4 rings (SSSR count). The summed E-state index contributed by atoms with van der Waals surface area (Å²) in [6.07, 6.45) is 17.8. The number of allylic oxidation sites excluding steroid dienone is 2. The van der Waals surface area contributed by atoms with Gasteiger partial charge in [0.1, 0.15) is 30.5 Å². The zero-order chi connectivity index (χ0) is 39.4. The van der Waals surface area contributed by atoms with Crippen LogP contribution in [-0.4, -0.2) is 75.6 Å². The van der Waals surface area contributed by atoms with Crippen molar-refractivity contribution >= 4 is 19.0 Å². The summed E-state index contributed by atoms with van der Waals surface area (Å²) in [7, 11) is -4.70. The fraction of sp³-hybridized carbons (Fsp3) is 0.610. The van der Waals surface area contributed by atoms with E-state index >= 15 is 0 Å².